The highest BCUT2D eigenvalue weighted by molar-refractivity contribution is 7.91. The Morgan fingerprint density at radius 1 is 1.29 bits per heavy atom. The maximum Gasteiger partial charge on any atom is 0.250 e. The molecule has 24 heavy (non-hydrogen) atoms. The molecule has 0 spiro atoms. The number of rotatable bonds is 7. The number of hydrogen-bond acceptors (Lipinski definition) is 6. The molecule has 3 rings (SSSR count). The molecular formula is C16H22N2O3S3. The lowest BCUT2D eigenvalue weighted by molar-refractivity contribution is 0.0179. The minimum atomic E-state index is -3.46. The van der Waals surface area contributed by atoms with Gasteiger partial charge in [-0.15, -0.1) is 22.7 Å². The Kier molecular flexibility index (Phi) is 6.07. The van der Waals surface area contributed by atoms with Gasteiger partial charge in [-0.2, -0.15) is 0 Å². The molecule has 1 unspecified atom stereocenters. The lowest BCUT2D eigenvalue weighted by Crippen LogP contribution is -2.43. The van der Waals surface area contributed by atoms with Gasteiger partial charge in [0.1, 0.15) is 4.21 Å². The zero-order chi connectivity index (χ0) is 17.0. The van der Waals surface area contributed by atoms with E-state index in [-0.39, 0.29) is 6.04 Å². The van der Waals surface area contributed by atoms with E-state index in [0.29, 0.717) is 24.0 Å². The van der Waals surface area contributed by atoms with E-state index < -0.39 is 10.0 Å². The fraction of sp³-hybridized carbons (Fsp3) is 0.500. The normalized spacial score (nSPS) is 17.9. The van der Waals surface area contributed by atoms with Crippen LogP contribution in [0.1, 0.15) is 22.7 Å². The van der Waals surface area contributed by atoms with E-state index in [0.717, 1.165) is 24.4 Å². The number of thiophene rings is 2. The van der Waals surface area contributed by atoms with Crippen molar-refractivity contribution in [2.24, 2.45) is 0 Å². The first-order chi connectivity index (χ1) is 11.6. The van der Waals surface area contributed by atoms with Crippen LogP contribution in [0.5, 0.6) is 0 Å². The number of nitrogens with zero attached hydrogens (tertiary/aromatic N) is 1. The number of sulfonamides is 1. The van der Waals surface area contributed by atoms with Crippen LogP contribution >= 0.6 is 22.7 Å². The van der Waals surface area contributed by atoms with Crippen molar-refractivity contribution in [2.45, 2.75) is 23.6 Å². The maximum atomic E-state index is 12.6. The Labute approximate surface area is 151 Å². The van der Waals surface area contributed by atoms with Crippen molar-refractivity contribution < 1.29 is 13.2 Å². The molecule has 132 valence electrons. The highest BCUT2D eigenvalue weighted by Gasteiger charge is 2.26. The molecule has 0 saturated carbocycles. The van der Waals surface area contributed by atoms with Crippen LogP contribution in [-0.2, 0) is 21.2 Å². The molecule has 3 heterocycles. The number of nitrogens with one attached hydrogen (secondary N) is 1. The van der Waals surface area contributed by atoms with Crippen LogP contribution in [-0.4, -0.2) is 46.2 Å². The van der Waals surface area contributed by atoms with Gasteiger partial charge in [0.05, 0.1) is 19.3 Å². The highest BCUT2D eigenvalue weighted by Crippen LogP contribution is 2.27. The molecule has 0 radical (unpaired) electrons. The van der Waals surface area contributed by atoms with Crippen molar-refractivity contribution in [3.63, 3.8) is 0 Å². The summed E-state index contributed by atoms with van der Waals surface area (Å²) in [5.74, 6) is 0. The molecule has 1 aliphatic rings. The van der Waals surface area contributed by atoms with E-state index >= 15 is 0 Å². The molecule has 0 bridgehead atoms. The maximum absolute atomic E-state index is 12.6. The first-order valence-corrected chi connectivity index (χ1v) is 11.2. The van der Waals surface area contributed by atoms with Crippen LogP contribution in [0.4, 0.5) is 0 Å². The minimum absolute atomic E-state index is 0.0503. The number of hydrogen-bond donors (Lipinski definition) is 1. The number of morpholine rings is 1. The van der Waals surface area contributed by atoms with Crippen molar-refractivity contribution in [1.29, 1.82) is 0 Å². The lowest BCUT2D eigenvalue weighted by atomic mass is 10.2. The van der Waals surface area contributed by atoms with Crippen LogP contribution in [0.15, 0.2) is 33.9 Å². The zero-order valence-electron chi connectivity index (χ0n) is 13.6. The van der Waals surface area contributed by atoms with Crippen molar-refractivity contribution in [3.8, 4) is 0 Å². The topological polar surface area (TPSA) is 58.6 Å². The first kappa shape index (κ1) is 18.0. The molecule has 2 aromatic rings. The second kappa shape index (κ2) is 8.07. The third-order valence-corrected chi connectivity index (χ3v) is 8.19. The fourth-order valence-corrected chi connectivity index (χ4v) is 5.97. The summed E-state index contributed by atoms with van der Waals surface area (Å²) < 4.78 is 33.8. The van der Waals surface area contributed by atoms with Gasteiger partial charge >= 0.3 is 0 Å². The second-order valence-electron chi connectivity index (χ2n) is 5.61. The third kappa shape index (κ3) is 4.25. The van der Waals surface area contributed by atoms with Crippen molar-refractivity contribution >= 4 is 32.7 Å². The largest absolute Gasteiger partial charge is 0.379 e. The van der Waals surface area contributed by atoms with Gasteiger partial charge in [0.25, 0.3) is 0 Å². The summed E-state index contributed by atoms with van der Waals surface area (Å²) in [5, 5.41) is 2.03. The average Bonchev–Trinajstić information content (AvgIpc) is 3.28. The van der Waals surface area contributed by atoms with Crippen LogP contribution < -0.4 is 4.72 Å². The molecule has 0 amide bonds. The molecule has 1 aliphatic heterocycles. The van der Waals surface area contributed by atoms with Gasteiger partial charge in [-0.05, 0) is 30.0 Å². The van der Waals surface area contributed by atoms with E-state index in [1.165, 1.54) is 16.2 Å². The predicted molar refractivity (Wildman–Crippen MR) is 98.3 cm³/mol. The van der Waals surface area contributed by atoms with Gasteiger partial charge < -0.3 is 4.74 Å². The summed E-state index contributed by atoms with van der Waals surface area (Å²) in [4.78, 5) is 4.56. The molecule has 1 saturated heterocycles. The number of ether oxygens (including phenoxy) is 1. The SMILES string of the molecule is CCc1ccc(S(=O)(=O)NCC(c2cccs2)N2CCOCC2)s1. The molecule has 1 N–H and O–H groups in total. The van der Waals surface area contributed by atoms with Gasteiger partial charge in [0.2, 0.25) is 10.0 Å². The Bertz CT molecular complexity index is 734. The van der Waals surface area contributed by atoms with Crippen LogP contribution in [0.25, 0.3) is 0 Å². The monoisotopic (exact) mass is 386 g/mol. The van der Waals surface area contributed by atoms with E-state index in [1.807, 2.05) is 24.4 Å². The van der Waals surface area contributed by atoms with Crippen LogP contribution in [0, 0.1) is 0 Å². The minimum Gasteiger partial charge on any atom is -0.379 e. The quantitative estimate of drug-likeness (QED) is 0.795. The van der Waals surface area contributed by atoms with E-state index in [2.05, 4.69) is 15.7 Å². The standard InChI is InChI=1S/C16H22N2O3S3/c1-2-13-5-6-16(23-13)24(19,20)17-12-14(15-4-3-11-22-15)18-7-9-21-10-8-18/h3-6,11,14,17H,2,7-10,12H2,1H3. The highest BCUT2D eigenvalue weighted by atomic mass is 32.2. The first-order valence-electron chi connectivity index (χ1n) is 8.03. The summed E-state index contributed by atoms with van der Waals surface area (Å²) in [6.07, 6.45) is 0.853. The molecule has 1 atom stereocenters. The fourth-order valence-electron chi connectivity index (χ4n) is 2.73. The molecule has 5 nitrogen and oxygen atoms in total. The Balaban J connectivity index is 1.73. The van der Waals surface area contributed by atoms with Crippen molar-refractivity contribution in [3.05, 3.63) is 39.4 Å². The summed E-state index contributed by atoms with van der Waals surface area (Å²) in [7, 11) is -3.46. The van der Waals surface area contributed by atoms with E-state index in [1.54, 1.807) is 17.4 Å². The summed E-state index contributed by atoms with van der Waals surface area (Å²) >= 11 is 3.01. The van der Waals surface area contributed by atoms with E-state index in [4.69, 9.17) is 4.74 Å². The van der Waals surface area contributed by atoms with Gasteiger partial charge in [-0.25, -0.2) is 13.1 Å². The molecular weight excluding hydrogens is 364 g/mol. The smallest absolute Gasteiger partial charge is 0.250 e. The molecule has 0 aliphatic carbocycles. The van der Waals surface area contributed by atoms with Gasteiger partial charge in [-0.3, -0.25) is 4.90 Å². The van der Waals surface area contributed by atoms with Crippen molar-refractivity contribution in [1.82, 2.24) is 9.62 Å². The van der Waals surface area contributed by atoms with Gasteiger partial charge in [0, 0.05) is 29.4 Å². The Hall–Kier alpha value is -0.770. The van der Waals surface area contributed by atoms with Crippen molar-refractivity contribution in [2.75, 3.05) is 32.8 Å². The van der Waals surface area contributed by atoms with Crippen LogP contribution in [0.2, 0.25) is 0 Å². The predicted octanol–water partition coefficient (Wildman–Crippen LogP) is 2.72. The third-order valence-electron chi connectivity index (χ3n) is 4.08. The summed E-state index contributed by atoms with van der Waals surface area (Å²) in [6, 6.07) is 7.71. The van der Waals surface area contributed by atoms with Gasteiger partial charge in [0.15, 0.2) is 0 Å². The second-order valence-corrected chi connectivity index (χ2v) is 9.75. The van der Waals surface area contributed by atoms with E-state index in [9.17, 15) is 8.42 Å². The molecule has 2 aromatic heterocycles. The van der Waals surface area contributed by atoms with Crippen LogP contribution in [0.3, 0.4) is 0 Å². The Morgan fingerprint density at radius 2 is 2.08 bits per heavy atom. The molecule has 0 aromatic carbocycles. The lowest BCUT2D eigenvalue weighted by Gasteiger charge is -2.34. The molecule has 8 heteroatoms. The number of aryl methyl sites for hydroxylation is 1. The molecule has 1 fully saturated rings. The summed E-state index contributed by atoms with van der Waals surface area (Å²) in [5.41, 5.74) is 0. The average molecular weight is 387 g/mol. The Morgan fingerprint density at radius 3 is 2.71 bits per heavy atom. The van der Waals surface area contributed by atoms with Gasteiger partial charge in [-0.1, -0.05) is 13.0 Å². The summed E-state index contributed by atoms with van der Waals surface area (Å²) in [6.45, 7) is 5.44. The zero-order valence-corrected chi connectivity index (χ0v) is 16.1.